The molecule has 0 N–H and O–H groups in total. The van der Waals surface area contributed by atoms with Crippen molar-refractivity contribution in [1.82, 2.24) is 4.31 Å². The first-order valence-electron chi connectivity index (χ1n) is 7.93. The van der Waals surface area contributed by atoms with Crippen molar-refractivity contribution in [1.29, 1.82) is 0 Å². The summed E-state index contributed by atoms with van der Waals surface area (Å²) in [6, 6.07) is 10.2. The Labute approximate surface area is 145 Å². The van der Waals surface area contributed by atoms with Gasteiger partial charge in [-0.1, -0.05) is 6.07 Å². The van der Waals surface area contributed by atoms with E-state index in [-0.39, 0.29) is 29.7 Å². The topological polar surface area (TPSA) is 54.5 Å². The van der Waals surface area contributed by atoms with E-state index in [4.69, 9.17) is 0 Å². The number of sulfonamides is 1. The van der Waals surface area contributed by atoms with Gasteiger partial charge in [0.25, 0.3) is 0 Å². The van der Waals surface area contributed by atoms with Gasteiger partial charge in [-0.25, -0.2) is 17.2 Å². The number of hydrogen-bond donors (Lipinski definition) is 0. The van der Waals surface area contributed by atoms with Gasteiger partial charge in [-0.15, -0.1) is 0 Å². The molecule has 1 aliphatic heterocycles. The van der Waals surface area contributed by atoms with Crippen LogP contribution >= 0.6 is 0 Å². The van der Waals surface area contributed by atoms with Crippen LogP contribution < -0.4 is 0 Å². The fraction of sp³-hybridized carbons (Fsp3) is 0.278. The van der Waals surface area contributed by atoms with E-state index in [0.29, 0.717) is 18.4 Å². The van der Waals surface area contributed by atoms with Gasteiger partial charge < -0.3 is 0 Å². The first kappa shape index (κ1) is 17.7. The van der Waals surface area contributed by atoms with Crippen molar-refractivity contribution >= 4 is 15.8 Å². The number of hydrogen-bond acceptors (Lipinski definition) is 3. The van der Waals surface area contributed by atoms with E-state index < -0.39 is 21.7 Å². The summed E-state index contributed by atoms with van der Waals surface area (Å²) < 4.78 is 52.6. The number of benzene rings is 2. The predicted octanol–water partition coefficient (Wildman–Crippen LogP) is 3.25. The molecule has 0 bridgehead atoms. The molecule has 2 aromatic carbocycles. The fourth-order valence-electron chi connectivity index (χ4n) is 2.98. The summed E-state index contributed by atoms with van der Waals surface area (Å²) in [6.45, 7) is 0.382. The SMILES string of the molecule is O=C(c1ccc(F)cc1)C1CCN(S(=O)(=O)c2cccc(F)c2)CC1. The van der Waals surface area contributed by atoms with Gasteiger partial charge in [0.05, 0.1) is 4.90 Å². The number of piperidine rings is 1. The van der Waals surface area contributed by atoms with Gasteiger partial charge in [0.15, 0.2) is 5.78 Å². The molecule has 1 saturated heterocycles. The molecule has 0 saturated carbocycles. The van der Waals surface area contributed by atoms with Crippen molar-refractivity contribution < 1.29 is 22.0 Å². The van der Waals surface area contributed by atoms with E-state index in [1.54, 1.807) is 0 Å². The van der Waals surface area contributed by atoms with Crippen molar-refractivity contribution in [3.63, 3.8) is 0 Å². The van der Waals surface area contributed by atoms with Crippen LogP contribution in [0.3, 0.4) is 0 Å². The van der Waals surface area contributed by atoms with Gasteiger partial charge in [0, 0.05) is 24.6 Å². The smallest absolute Gasteiger partial charge is 0.243 e. The molecule has 1 fully saturated rings. The van der Waals surface area contributed by atoms with Gasteiger partial charge in [-0.2, -0.15) is 4.31 Å². The second kappa shape index (κ2) is 7.01. The van der Waals surface area contributed by atoms with Crippen LogP contribution in [-0.2, 0) is 10.0 Å². The Morgan fingerprint density at radius 1 is 0.960 bits per heavy atom. The summed E-state index contributed by atoms with van der Waals surface area (Å²) in [7, 11) is -3.77. The minimum atomic E-state index is -3.77. The molecule has 3 rings (SSSR count). The number of Topliss-reactive ketones (excluding diaryl/α,β-unsaturated/α-hetero) is 1. The quantitative estimate of drug-likeness (QED) is 0.782. The average Bonchev–Trinajstić information content (AvgIpc) is 2.62. The van der Waals surface area contributed by atoms with Gasteiger partial charge in [0.2, 0.25) is 10.0 Å². The van der Waals surface area contributed by atoms with Crippen molar-refractivity contribution in [2.75, 3.05) is 13.1 Å². The average molecular weight is 365 g/mol. The highest BCUT2D eigenvalue weighted by atomic mass is 32.2. The Balaban J connectivity index is 1.69. The van der Waals surface area contributed by atoms with Gasteiger partial charge in [-0.3, -0.25) is 4.79 Å². The molecule has 4 nitrogen and oxygen atoms in total. The first-order chi connectivity index (χ1) is 11.9. The summed E-state index contributed by atoms with van der Waals surface area (Å²) in [5.41, 5.74) is 0.424. The fourth-order valence-corrected chi connectivity index (χ4v) is 4.49. The maximum absolute atomic E-state index is 13.3. The molecule has 1 aliphatic rings. The van der Waals surface area contributed by atoms with Gasteiger partial charge in [0.1, 0.15) is 11.6 Å². The third-order valence-corrected chi connectivity index (χ3v) is 6.28. The Morgan fingerprint density at radius 2 is 1.60 bits per heavy atom. The molecule has 0 radical (unpaired) electrons. The van der Waals surface area contributed by atoms with E-state index >= 15 is 0 Å². The monoisotopic (exact) mass is 365 g/mol. The molecule has 0 spiro atoms. The molecule has 0 unspecified atom stereocenters. The minimum absolute atomic E-state index is 0.0872. The number of carbonyl (C=O) groups is 1. The Hall–Kier alpha value is -2.12. The number of halogens is 2. The second-order valence-electron chi connectivity index (χ2n) is 6.01. The lowest BCUT2D eigenvalue weighted by Gasteiger charge is -2.30. The third-order valence-electron chi connectivity index (χ3n) is 4.39. The zero-order valence-corrected chi connectivity index (χ0v) is 14.2. The van der Waals surface area contributed by atoms with E-state index in [2.05, 4.69) is 0 Å². The van der Waals surface area contributed by atoms with E-state index in [9.17, 15) is 22.0 Å². The standard InChI is InChI=1S/C18H17F2NO3S/c19-15-6-4-13(5-7-15)18(22)14-8-10-21(11-9-14)25(23,24)17-3-1-2-16(20)12-17/h1-7,12,14H,8-11H2. The predicted molar refractivity (Wildman–Crippen MR) is 88.6 cm³/mol. The highest BCUT2D eigenvalue weighted by molar-refractivity contribution is 7.89. The molecule has 25 heavy (non-hydrogen) atoms. The first-order valence-corrected chi connectivity index (χ1v) is 9.37. The highest BCUT2D eigenvalue weighted by Crippen LogP contribution is 2.26. The van der Waals surface area contributed by atoms with Crippen LogP contribution in [0.4, 0.5) is 8.78 Å². The molecule has 132 valence electrons. The van der Waals surface area contributed by atoms with Crippen LogP contribution in [0.1, 0.15) is 23.2 Å². The molecule has 0 aromatic heterocycles. The van der Waals surface area contributed by atoms with Crippen LogP contribution in [-0.4, -0.2) is 31.6 Å². The molecule has 1 heterocycles. The number of carbonyl (C=O) groups excluding carboxylic acids is 1. The zero-order valence-electron chi connectivity index (χ0n) is 13.4. The molecule has 0 atom stereocenters. The summed E-state index contributed by atoms with van der Waals surface area (Å²) >= 11 is 0. The lowest BCUT2D eigenvalue weighted by molar-refractivity contribution is 0.0875. The zero-order chi connectivity index (χ0) is 18.0. The number of nitrogens with zero attached hydrogens (tertiary/aromatic N) is 1. The molecule has 0 amide bonds. The summed E-state index contributed by atoms with van der Waals surface area (Å²) in [5.74, 6) is -1.43. The van der Waals surface area contributed by atoms with Gasteiger partial charge in [-0.05, 0) is 55.3 Å². The number of rotatable bonds is 4. The molecule has 2 aromatic rings. The Morgan fingerprint density at radius 3 is 2.20 bits per heavy atom. The summed E-state index contributed by atoms with van der Waals surface area (Å²) in [5, 5.41) is 0. The van der Waals surface area contributed by atoms with Crippen molar-refractivity contribution in [2.45, 2.75) is 17.7 Å². The molecule has 0 aliphatic carbocycles. The normalized spacial score (nSPS) is 16.7. The van der Waals surface area contributed by atoms with Crippen molar-refractivity contribution in [2.24, 2.45) is 5.92 Å². The Bertz CT molecular complexity index is 873. The lowest BCUT2D eigenvalue weighted by atomic mass is 9.90. The van der Waals surface area contributed by atoms with Crippen LogP contribution in [0, 0.1) is 17.6 Å². The van der Waals surface area contributed by atoms with Gasteiger partial charge >= 0.3 is 0 Å². The van der Waals surface area contributed by atoms with Crippen LogP contribution in [0.5, 0.6) is 0 Å². The minimum Gasteiger partial charge on any atom is -0.294 e. The Kier molecular flexibility index (Phi) is 4.96. The van der Waals surface area contributed by atoms with E-state index in [1.807, 2.05) is 0 Å². The molecular weight excluding hydrogens is 348 g/mol. The van der Waals surface area contributed by atoms with E-state index in [1.165, 1.54) is 46.8 Å². The van der Waals surface area contributed by atoms with Crippen molar-refractivity contribution in [3.05, 3.63) is 65.7 Å². The highest BCUT2D eigenvalue weighted by Gasteiger charge is 2.32. The van der Waals surface area contributed by atoms with Crippen LogP contribution in [0.2, 0.25) is 0 Å². The largest absolute Gasteiger partial charge is 0.294 e. The second-order valence-corrected chi connectivity index (χ2v) is 7.94. The maximum Gasteiger partial charge on any atom is 0.243 e. The number of ketones is 1. The molecule has 7 heteroatoms. The van der Waals surface area contributed by atoms with Crippen molar-refractivity contribution in [3.8, 4) is 0 Å². The lowest BCUT2D eigenvalue weighted by Crippen LogP contribution is -2.40. The summed E-state index contributed by atoms with van der Waals surface area (Å²) in [6.07, 6.45) is 0.759. The summed E-state index contributed by atoms with van der Waals surface area (Å²) in [4.78, 5) is 12.4. The van der Waals surface area contributed by atoms with Crippen LogP contribution in [0.25, 0.3) is 0 Å². The molecular formula is C18H17F2NO3S. The van der Waals surface area contributed by atoms with Crippen LogP contribution in [0.15, 0.2) is 53.4 Å². The van der Waals surface area contributed by atoms with E-state index in [0.717, 1.165) is 6.07 Å². The third kappa shape index (κ3) is 3.77. The maximum atomic E-state index is 13.3.